The van der Waals surface area contributed by atoms with Gasteiger partial charge in [-0.3, -0.25) is 4.79 Å². The minimum absolute atomic E-state index is 0.0751. The van der Waals surface area contributed by atoms with Gasteiger partial charge in [-0.15, -0.1) is 0 Å². The molecule has 1 heterocycles. The Hall–Kier alpha value is -1.03. The summed E-state index contributed by atoms with van der Waals surface area (Å²) in [6, 6.07) is 0. The quantitative estimate of drug-likeness (QED) is 0.660. The molecule has 0 spiro atoms. The highest BCUT2D eigenvalue weighted by Gasteiger charge is 2.18. The molecule has 0 aliphatic carbocycles. The van der Waals surface area contributed by atoms with E-state index in [1.54, 1.807) is 6.08 Å². The van der Waals surface area contributed by atoms with Crippen molar-refractivity contribution in [2.45, 2.75) is 19.8 Å². The van der Waals surface area contributed by atoms with Gasteiger partial charge in [-0.25, -0.2) is 0 Å². The SMILES string of the molecule is CCNC(=O)/C=C(\N)C1CCN(C)CC1. The first-order valence-electron chi connectivity index (χ1n) is 5.57. The van der Waals surface area contributed by atoms with Crippen molar-refractivity contribution in [1.29, 1.82) is 0 Å². The number of likely N-dealkylation sites (tertiary alicyclic amines) is 1. The number of amides is 1. The minimum atomic E-state index is -0.0751. The first kappa shape index (κ1) is 12.0. The molecular formula is C11H21N3O. The Bertz CT molecular complexity index is 242. The van der Waals surface area contributed by atoms with Crippen LogP contribution in [0.15, 0.2) is 11.8 Å². The van der Waals surface area contributed by atoms with Crippen LogP contribution >= 0.6 is 0 Å². The molecule has 0 aromatic heterocycles. The largest absolute Gasteiger partial charge is 0.402 e. The van der Waals surface area contributed by atoms with E-state index in [2.05, 4.69) is 17.3 Å². The van der Waals surface area contributed by atoms with Crippen LogP contribution in [-0.2, 0) is 4.79 Å². The van der Waals surface area contributed by atoms with Crippen LogP contribution in [0.2, 0.25) is 0 Å². The molecule has 4 nitrogen and oxygen atoms in total. The third kappa shape index (κ3) is 3.91. The molecule has 0 unspecified atom stereocenters. The number of carbonyl (C=O) groups is 1. The number of allylic oxidation sites excluding steroid dienone is 1. The molecule has 0 bridgehead atoms. The Kier molecular flexibility index (Phi) is 4.62. The molecule has 0 aromatic carbocycles. The van der Waals surface area contributed by atoms with E-state index in [-0.39, 0.29) is 5.91 Å². The second-order valence-corrected chi connectivity index (χ2v) is 4.12. The molecular weight excluding hydrogens is 190 g/mol. The number of likely N-dealkylation sites (N-methyl/N-ethyl adjacent to an activating group) is 1. The van der Waals surface area contributed by atoms with E-state index in [4.69, 9.17) is 5.73 Å². The van der Waals surface area contributed by atoms with Crippen molar-refractivity contribution in [3.63, 3.8) is 0 Å². The van der Waals surface area contributed by atoms with Crippen LogP contribution in [0.5, 0.6) is 0 Å². The number of carbonyl (C=O) groups excluding carboxylic acids is 1. The lowest BCUT2D eigenvalue weighted by Gasteiger charge is -2.29. The van der Waals surface area contributed by atoms with Crippen LogP contribution < -0.4 is 11.1 Å². The molecule has 1 aliphatic rings. The van der Waals surface area contributed by atoms with E-state index in [1.165, 1.54) is 0 Å². The zero-order valence-electron chi connectivity index (χ0n) is 9.62. The summed E-state index contributed by atoms with van der Waals surface area (Å²) in [6.07, 6.45) is 3.65. The summed E-state index contributed by atoms with van der Waals surface area (Å²) in [6.45, 7) is 4.68. The van der Waals surface area contributed by atoms with Gasteiger partial charge in [0.1, 0.15) is 0 Å². The normalized spacial score (nSPS) is 20.3. The van der Waals surface area contributed by atoms with Crippen LogP contribution in [-0.4, -0.2) is 37.5 Å². The zero-order chi connectivity index (χ0) is 11.3. The van der Waals surface area contributed by atoms with Gasteiger partial charge in [0.2, 0.25) is 5.91 Å². The van der Waals surface area contributed by atoms with Crippen LogP contribution in [0.4, 0.5) is 0 Å². The van der Waals surface area contributed by atoms with Gasteiger partial charge < -0.3 is 16.0 Å². The fourth-order valence-corrected chi connectivity index (χ4v) is 1.84. The maximum Gasteiger partial charge on any atom is 0.245 e. The van der Waals surface area contributed by atoms with Gasteiger partial charge in [-0.1, -0.05) is 0 Å². The lowest BCUT2D eigenvalue weighted by Crippen LogP contribution is -2.33. The minimum Gasteiger partial charge on any atom is -0.402 e. The van der Waals surface area contributed by atoms with E-state index >= 15 is 0 Å². The number of nitrogens with zero attached hydrogens (tertiary/aromatic N) is 1. The third-order valence-corrected chi connectivity index (χ3v) is 2.84. The van der Waals surface area contributed by atoms with Crippen LogP contribution in [0.1, 0.15) is 19.8 Å². The molecule has 1 rings (SSSR count). The topological polar surface area (TPSA) is 58.4 Å². The van der Waals surface area contributed by atoms with Crippen LogP contribution in [0.25, 0.3) is 0 Å². The predicted molar refractivity (Wildman–Crippen MR) is 61.2 cm³/mol. The highest BCUT2D eigenvalue weighted by Crippen LogP contribution is 2.20. The average Bonchev–Trinajstić information content (AvgIpc) is 2.18. The monoisotopic (exact) mass is 211 g/mol. The van der Waals surface area contributed by atoms with Gasteiger partial charge in [0.05, 0.1) is 0 Å². The second kappa shape index (κ2) is 5.75. The molecule has 0 saturated carbocycles. The van der Waals surface area contributed by atoms with Crippen molar-refractivity contribution in [1.82, 2.24) is 10.2 Å². The maximum absolute atomic E-state index is 11.3. The number of hydrogen-bond donors (Lipinski definition) is 2. The number of hydrogen-bond acceptors (Lipinski definition) is 3. The molecule has 3 N–H and O–H groups in total. The van der Waals surface area contributed by atoms with E-state index in [0.29, 0.717) is 12.5 Å². The Balaban J connectivity index is 2.45. The molecule has 1 aliphatic heterocycles. The zero-order valence-corrected chi connectivity index (χ0v) is 9.62. The number of piperidine rings is 1. The van der Waals surface area contributed by atoms with Crippen molar-refractivity contribution in [2.75, 3.05) is 26.7 Å². The van der Waals surface area contributed by atoms with E-state index in [9.17, 15) is 4.79 Å². The first-order valence-corrected chi connectivity index (χ1v) is 5.57. The molecule has 15 heavy (non-hydrogen) atoms. The Labute approximate surface area is 91.5 Å². The van der Waals surface area contributed by atoms with Crippen LogP contribution in [0, 0.1) is 5.92 Å². The average molecular weight is 211 g/mol. The summed E-state index contributed by atoms with van der Waals surface area (Å²) in [4.78, 5) is 13.6. The molecule has 0 aromatic rings. The summed E-state index contributed by atoms with van der Waals surface area (Å²) in [7, 11) is 2.11. The molecule has 86 valence electrons. The van der Waals surface area contributed by atoms with Gasteiger partial charge >= 0.3 is 0 Å². The molecule has 1 saturated heterocycles. The van der Waals surface area contributed by atoms with Crippen molar-refractivity contribution in [3.8, 4) is 0 Å². The highest BCUT2D eigenvalue weighted by molar-refractivity contribution is 5.88. The van der Waals surface area contributed by atoms with E-state index in [0.717, 1.165) is 31.6 Å². The maximum atomic E-state index is 11.3. The Morgan fingerprint density at radius 1 is 1.53 bits per heavy atom. The summed E-state index contributed by atoms with van der Waals surface area (Å²) in [5.41, 5.74) is 6.64. The molecule has 1 amide bonds. The summed E-state index contributed by atoms with van der Waals surface area (Å²) in [5, 5.41) is 2.72. The van der Waals surface area contributed by atoms with Gasteiger partial charge in [-0.05, 0) is 39.9 Å². The highest BCUT2D eigenvalue weighted by atomic mass is 16.1. The fourth-order valence-electron chi connectivity index (χ4n) is 1.84. The smallest absolute Gasteiger partial charge is 0.245 e. The lowest BCUT2D eigenvalue weighted by atomic mass is 9.93. The summed E-state index contributed by atoms with van der Waals surface area (Å²) < 4.78 is 0. The van der Waals surface area contributed by atoms with Crippen LogP contribution in [0.3, 0.4) is 0 Å². The summed E-state index contributed by atoms with van der Waals surface area (Å²) >= 11 is 0. The van der Waals surface area contributed by atoms with E-state index < -0.39 is 0 Å². The summed E-state index contributed by atoms with van der Waals surface area (Å²) in [5.74, 6) is 0.303. The van der Waals surface area contributed by atoms with Crippen molar-refractivity contribution < 1.29 is 4.79 Å². The molecule has 0 radical (unpaired) electrons. The molecule has 4 heteroatoms. The second-order valence-electron chi connectivity index (χ2n) is 4.12. The molecule has 0 atom stereocenters. The first-order chi connectivity index (χ1) is 7.13. The van der Waals surface area contributed by atoms with Gasteiger partial charge in [0, 0.05) is 24.2 Å². The standard InChI is InChI=1S/C11H21N3O/c1-3-13-11(15)8-10(12)9-4-6-14(2)7-5-9/h8-9H,3-7,12H2,1-2H3,(H,13,15)/b10-8-. The van der Waals surface area contributed by atoms with Crippen molar-refractivity contribution in [2.24, 2.45) is 11.7 Å². The lowest BCUT2D eigenvalue weighted by molar-refractivity contribution is -0.116. The predicted octanol–water partition coefficient (Wildman–Crippen LogP) is 0.307. The van der Waals surface area contributed by atoms with Crippen molar-refractivity contribution >= 4 is 5.91 Å². The fraction of sp³-hybridized carbons (Fsp3) is 0.727. The Morgan fingerprint density at radius 2 is 2.13 bits per heavy atom. The van der Waals surface area contributed by atoms with Crippen molar-refractivity contribution in [3.05, 3.63) is 11.8 Å². The number of nitrogens with one attached hydrogen (secondary N) is 1. The molecule has 1 fully saturated rings. The third-order valence-electron chi connectivity index (χ3n) is 2.84. The van der Waals surface area contributed by atoms with E-state index in [1.807, 2.05) is 6.92 Å². The van der Waals surface area contributed by atoms with Gasteiger partial charge in [0.15, 0.2) is 0 Å². The Morgan fingerprint density at radius 3 is 2.67 bits per heavy atom. The van der Waals surface area contributed by atoms with Gasteiger partial charge in [0.25, 0.3) is 0 Å². The number of nitrogens with two attached hydrogens (primary N) is 1. The van der Waals surface area contributed by atoms with Gasteiger partial charge in [-0.2, -0.15) is 0 Å². The number of rotatable bonds is 3.